The maximum absolute atomic E-state index is 9.44. The fourth-order valence-electron chi connectivity index (χ4n) is 3.07. The van der Waals surface area contributed by atoms with Crippen molar-refractivity contribution in [3.05, 3.63) is 35.7 Å². The molecule has 1 aliphatic rings. The van der Waals surface area contributed by atoms with Crippen molar-refractivity contribution < 1.29 is 5.11 Å². The lowest BCUT2D eigenvalue weighted by Gasteiger charge is -2.34. The summed E-state index contributed by atoms with van der Waals surface area (Å²) in [6.07, 6.45) is 0. The Labute approximate surface area is 137 Å². The summed E-state index contributed by atoms with van der Waals surface area (Å²) in [5.74, 6) is 0.254. The van der Waals surface area contributed by atoms with Crippen LogP contribution in [0.15, 0.2) is 24.3 Å². The van der Waals surface area contributed by atoms with Gasteiger partial charge in [0.15, 0.2) is 0 Å². The molecular weight excluding hydrogens is 290 g/mol. The maximum Gasteiger partial charge on any atom is 0.112 e. The Hall–Kier alpha value is -1.92. The van der Waals surface area contributed by atoms with E-state index in [9.17, 15) is 5.11 Å². The topological polar surface area (TPSA) is 57.4 Å². The molecule has 0 aliphatic carbocycles. The van der Waals surface area contributed by atoms with E-state index in [1.54, 1.807) is 0 Å². The Bertz CT molecular complexity index is 642. The van der Waals surface area contributed by atoms with E-state index in [-0.39, 0.29) is 12.5 Å². The van der Waals surface area contributed by atoms with Gasteiger partial charge in [0.25, 0.3) is 0 Å². The third-order valence-corrected chi connectivity index (χ3v) is 4.44. The van der Waals surface area contributed by atoms with Crippen LogP contribution < -0.4 is 4.90 Å². The number of nitrogens with zero attached hydrogens (tertiary/aromatic N) is 5. The summed E-state index contributed by atoms with van der Waals surface area (Å²) in [4.78, 5) is 4.76. The van der Waals surface area contributed by atoms with Crippen LogP contribution in [0.3, 0.4) is 0 Å². The Morgan fingerprint density at radius 2 is 1.65 bits per heavy atom. The monoisotopic (exact) mass is 315 g/mol. The van der Waals surface area contributed by atoms with Crippen molar-refractivity contribution in [2.24, 2.45) is 0 Å². The SMILES string of the molecule is CC(C)c1c(CO)nnn1-c1ccc(N2CCN(C)CC2)cc1. The van der Waals surface area contributed by atoms with Crippen LogP contribution in [0.25, 0.3) is 5.69 Å². The van der Waals surface area contributed by atoms with Crippen molar-refractivity contribution in [2.45, 2.75) is 26.4 Å². The molecular formula is C17H25N5O. The normalized spacial score (nSPS) is 16.3. The van der Waals surface area contributed by atoms with Crippen LogP contribution in [0.5, 0.6) is 0 Å². The van der Waals surface area contributed by atoms with Gasteiger partial charge in [0, 0.05) is 31.9 Å². The smallest absolute Gasteiger partial charge is 0.112 e. The predicted octanol–water partition coefficient (Wildman–Crippen LogP) is 1.63. The van der Waals surface area contributed by atoms with Gasteiger partial charge < -0.3 is 14.9 Å². The van der Waals surface area contributed by atoms with Crippen molar-refractivity contribution in [2.75, 3.05) is 38.1 Å². The highest BCUT2D eigenvalue weighted by atomic mass is 16.3. The van der Waals surface area contributed by atoms with Gasteiger partial charge in [-0.3, -0.25) is 0 Å². The lowest BCUT2D eigenvalue weighted by Crippen LogP contribution is -2.44. The van der Waals surface area contributed by atoms with Crippen LogP contribution in [-0.2, 0) is 6.61 Å². The molecule has 0 unspecified atom stereocenters. The second kappa shape index (κ2) is 6.68. The van der Waals surface area contributed by atoms with Crippen LogP contribution in [0.4, 0.5) is 5.69 Å². The van der Waals surface area contributed by atoms with Gasteiger partial charge in [0.1, 0.15) is 5.69 Å². The first-order valence-electron chi connectivity index (χ1n) is 8.19. The van der Waals surface area contributed by atoms with E-state index in [1.807, 2.05) is 4.68 Å². The van der Waals surface area contributed by atoms with Crippen LogP contribution >= 0.6 is 0 Å². The number of anilines is 1. The molecule has 1 aromatic heterocycles. The molecule has 6 heteroatoms. The molecule has 2 heterocycles. The van der Waals surface area contributed by atoms with E-state index in [1.165, 1.54) is 5.69 Å². The first-order chi connectivity index (χ1) is 11.1. The molecule has 0 saturated carbocycles. The Balaban J connectivity index is 1.84. The lowest BCUT2D eigenvalue weighted by atomic mass is 10.1. The van der Waals surface area contributed by atoms with Gasteiger partial charge in [-0.2, -0.15) is 0 Å². The zero-order chi connectivity index (χ0) is 16.4. The summed E-state index contributed by atoms with van der Waals surface area (Å²) in [5.41, 5.74) is 3.86. The molecule has 3 rings (SSSR count). The van der Waals surface area contributed by atoms with Gasteiger partial charge in [-0.1, -0.05) is 19.1 Å². The number of piperazine rings is 1. The van der Waals surface area contributed by atoms with Gasteiger partial charge in [-0.25, -0.2) is 4.68 Å². The van der Waals surface area contributed by atoms with Gasteiger partial charge >= 0.3 is 0 Å². The second-order valence-corrected chi connectivity index (χ2v) is 6.45. The number of benzene rings is 1. The highest BCUT2D eigenvalue weighted by Crippen LogP contribution is 2.23. The first kappa shape index (κ1) is 16.0. The quantitative estimate of drug-likeness (QED) is 0.929. The van der Waals surface area contributed by atoms with E-state index in [0.717, 1.165) is 37.6 Å². The summed E-state index contributed by atoms with van der Waals surface area (Å²) in [6, 6.07) is 8.45. The Kier molecular flexibility index (Phi) is 4.63. The molecule has 0 amide bonds. The number of hydrogen-bond acceptors (Lipinski definition) is 5. The zero-order valence-electron chi connectivity index (χ0n) is 14.1. The molecule has 124 valence electrons. The third kappa shape index (κ3) is 3.23. The summed E-state index contributed by atoms with van der Waals surface area (Å²) >= 11 is 0. The van der Waals surface area contributed by atoms with Crippen molar-refractivity contribution in [3.8, 4) is 5.69 Å². The molecule has 2 aromatic rings. The summed E-state index contributed by atoms with van der Waals surface area (Å²) < 4.78 is 1.84. The van der Waals surface area contributed by atoms with Crippen molar-refractivity contribution >= 4 is 5.69 Å². The lowest BCUT2D eigenvalue weighted by molar-refractivity contribution is 0.275. The van der Waals surface area contributed by atoms with Gasteiger partial charge in [-0.05, 0) is 37.2 Å². The molecule has 0 atom stereocenters. The van der Waals surface area contributed by atoms with Gasteiger partial charge in [0.2, 0.25) is 0 Å². The van der Waals surface area contributed by atoms with Gasteiger partial charge in [0.05, 0.1) is 18.0 Å². The predicted molar refractivity (Wildman–Crippen MR) is 91.1 cm³/mol. The summed E-state index contributed by atoms with van der Waals surface area (Å²) in [6.45, 7) is 8.42. The minimum absolute atomic E-state index is 0.0765. The third-order valence-electron chi connectivity index (χ3n) is 4.44. The number of hydrogen-bond donors (Lipinski definition) is 1. The maximum atomic E-state index is 9.44. The molecule has 1 aromatic carbocycles. The fourth-order valence-corrected chi connectivity index (χ4v) is 3.07. The van der Waals surface area contributed by atoms with Crippen molar-refractivity contribution in [1.82, 2.24) is 19.9 Å². The zero-order valence-corrected chi connectivity index (χ0v) is 14.1. The minimum Gasteiger partial charge on any atom is -0.390 e. The van der Waals surface area contributed by atoms with Crippen LogP contribution in [0.1, 0.15) is 31.2 Å². The average Bonchev–Trinajstić information content (AvgIpc) is 3.00. The molecule has 1 fully saturated rings. The number of aliphatic hydroxyl groups excluding tert-OH is 1. The first-order valence-corrected chi connectivity index (χ1v) is 8.19. The molecule has 23 heavy (non-hydrogen) atoms. The molecule has 6 nitrogen and oxygen atoms in total. The number of aliphatic hydroxyl groups is 1. The fraction of sp³-hybridized carbons (Fsp3) is 0.529. The summed E-state index contributed by atoms with van der Waals surface area (Å²) in [5, 5.41) is 17.8. The minimum atomic E-state index is -0.0765. The summed E-state index contributed by atoms with van der Waals surface area (Å²) in [7, 11) is 2.16. The molecule has 1 aliphatic heterocycles. The number of aromatic nitrogens is 3. The largest absolute Gasteiger partial charge is 0.390 e. The average molecular weight is 315 g/mol. The molecule has 0 bridgehead atoms. The Morgan fingerprint density at radius 1 is 1.04 bits per heavy atom. The van der Waals surface area contributed by atoms with Crippen LogP contribution in [0, 0.1) is 0 Å². The van der Waals surface area contributed by atoms with E-state index in [0.29, 0.717) is 5.69 Å². The van der Waals surface area contributed by atoms with E-state index in [2.05, 4.69) is 65.3 Å². The van der Waals surface area contributed by atoms with E-state index >= 15 is 0 Å². The highest BCUT2D eigenvalue weighted by molar-refractivity contribution is 5.51. The second-order valence-electron chi connectivity index (χ2n) is 6.45. The molecule has 1 N–H and O–H groups in total. The van der Waals surface area contributed by atoms with E-state index < -0.39 is 0 Å². The van der Waals surface area contributed by atoms with Crippen LogP contribution in [-0.4, -0.2) is 58.2 Å². The van der Waals surface area contributed by atoms with E-state index in [4.69, 9.17) is 0 Å². The number of likely N-dealkylation sites (N-methyl/N-ethyl adjacent to an activating group) is 1. The van der Waals surface area contributed by atoms with Crippen molar-refractivity contribution in [3.63, 3.8) is 0 Å². The highest BCUT2D eigenvalue weighted by Gasteiger charge is 2.18. The molecule has 1 saturated heterocycles. The van der Waals surface area contributed by atoms with Gasteiger partial charge in [-0.15, -0.1) is 5.10 Å². The standard InChI is InChI=1S/C17H25N5O/c1-13(2)17-16(12-23)18-19-22(17)15-6-4-14(5-7-15)21-10-8-20(3)9-11-21/h4-7,13,23H,8-12H2,1-3H3. The molecule has 0 radical (unpaired) electrons. The molecule has 0 spiro atoms. The number of rotatable bonds is 4. The van der Waals surface area contributed by atoms with Crippen molar-refractivity contribution in [1.29, 1.82) is 0 Å². The Morgan fingerprint density at radius 3 is 2.22 bits per heavy atom. The van der Waals surface area contributed by atoms with Crippen LogP contribution in [0.2, 0.25) is 0 Å².